The van der Waals surface area contributed by atoms with E-state index in [2.05, 4.69) is 42.8 Å². The van der Waals surface area contributed by atoms with Crippen molar-refractivity contribution in [2.75, 3.05) is 38.1 Å². The third kappa shape index (κ3) is 3.40. The van der Waals surface area contributed by atoms with E-state index in [1.807, 2.05) is 25.2 Å². The van der Waals surface area contributed by atoms with Gasteiger partial charge in [-0.05, 0) is 41.8 Å². The van der Waals surface area contributed by atoms with Crippen LogP contribution in [0.1, 0.15) is 43.4 Å². The maximum absolute atomic E-state index is 13.8. The summed E-state index contributed by atoms with van der Waals surface area (Å²) < 4.78 is 27.5. The van der Waals surface area contributed by atoms with Crippen LogP contribution in [0.2, 0.25) is 0 Å². The number of aromatic nitrogens is 1. The molecular weight excluding hydrogens is 384 g/mol. The van der Waals surface area contributed by atoms with Gasteiger partial charge in [0.2, 0.25) is 0 Å². The summed E-state index contributed by atoms with van der Waals surface area (Å²) in [5, 5.41) is 12.2. The Labute approximate surface area is 177 Å². The standard InChI is InChI=1S/C24H31F2N3O/c1-16(2)17-5-7-18(8-6-17)24(30,23(3)14-28(4)15-23)19-9-10-27-22(11-19)29-12-20(25)21(26)13-29/h5-11,16,20-21,30H,12-15H2,1-4H3/t20-,21+,24-/m0/s1. The molecule has 3 heterocycles. The smallest absolute Gasteiger partial charge is 0.150 e. The van der Waals surface area contributed by atoms with Crippen molar-refractivity contribution in [3.8, 4) is 0 Å². The second kappa shape index (κ2) is 7.57. The highest BCUT2D eigenvalue weighted by Crippen LogP contribution is 2.50. The number of likely N-dealkylation sites (tertiary alicyclic amines) is 1. The van der Waals surface area contributed by atoms with Crippen LogP contribution < -0.4 is 4.90 Å². The first kappa shape index (κ1) is 21.2. The summed E-state index contributed by atoms with van der Waals surface area (Å²) >= 11 is 0. The number of aliphatic hydroxyl groups is 1. The second-order valence-corrected chi connectivity index (χ2v) is 9.56. The van der Waals surface area contributed by atoms with Crippen molar-refractivity contribution >= 4 is 5.82 Å². The predicted molar refractivity (Wildman–Crippen MR) is 115 cm³/mol. The number of alkyl halides is 2. The van der Waals surface area contributed by atoms with Crippen LogP contribution in [0.5, 0.6) is 0 Å². The van der Waals surface area contributed by atoms with E-state index >= 15 is 0 Å². The average Bonchev–Trinajstić information content (AvgIpc) is 3.05. The Bertz CT molecular complexity index is 888. The molecule has 0 saturated carbocycles. The molecule has 0 radical (unpaired) electrons. The molecule has 0 bridgehead atoms. The van der Waals surface area contributed by atoms with Gasteiger partial charge in [0, 0.05) is 24.7 Å². The van der Waals surface area contributed by atoms with Crippen LogP contribution in [0, 0.1) is 5.41 Å². The van der Waals surface area contributed by atoms with E-state index in [1.165, 1.54) is 5.56 Å². The Morgan fingerprint density at radius 1 is 1.07 bits per heavy atom. The fourth-order valence-electron chi connectivity index (χ4n) is 5.07. The summed E-state index contributed by atoms with van der Waals surface area (Å²) in [4.78, 5) is 8.15. The quantitative estimate of drug-likeness (QED) is 0.804. The molecule has 0 aliphatic carbocycles. The first-order valence-electron chi connectivity index (χ1n) is 10.6. The van der Waals surface area contributed by atoms with Crippen molar-refractivity contribution < 1.29 is 13.9 Å². The van der Waals surface area contributed by atoms with E-state index in [1.54, 1.807) is 17.2 Å². The zero-order chi connectivity index (χ0) is 21.7. The van der Waals surface area contributed by atoms with Gasteiger partial charge in [-0.1, -0.05) is 45.0 Å². The summed E-state index contributed by atoms with van der Waals surface area (Å²) in [6, 6.07) is 11.8. The zero-order valence-corrected chi connectivity index (χ0v) is 18.1. The maximum Gasteiger partial charge on any atom is 0.150 e. The number of anilines is 1. The number of rotatable bonds is 5. The minimum absolute atomic E-state index is 0.0147. The van der Waals surface area contributed by atoms with Gasteiger partial charge >= 0.3 is 0 Å². The summed E-state index contributed by atoms with van der Waals surface area (Å²) in [6.45, 7) is 7.84. The lowest BCUT2D eigenvalue weighted by molar-refractivity contribution is -0.127. The number of nitrogens with zero attached hydrogens (tertiary/aromatic N) is 3. The van der Waals surface area contributed by atoms with Crippen LogP contribution in [0.4, 0.5) is 14.6 Å². The topological polar surface area (TPSA) is 39.6 Å². The first-order valence-corrected chi connectivity index (χ1v) is 10.6. The number of benzene rings is 1. The molecule has 3 atom stereocenters. The molecule has 30 heavy (non-hydrogen) atoms. The van der Waals surface area contributed by atoms with Gasteiger partial charge in [-0.3, -0.25) is 0 Å². The van der Waals surface area contributed by atoms with E-state index in [0.29, 0.717) is 17.3 Å². The van der Waals surface area contributed by atoms with Crippen LogP contribution in [0.25, 0.3) is 0 Å². The van der Waals surface area contributed by atoms with Gasteiger partial charge in [0.25, 0.3) is 0 Å². The lowest BCUT2D eigenvalue weighted by atomic mass is 9.62. The number of halogens is 2. The molecule has 1 aromatic carbocycles. The highest BCUT2D eigenvalue weighted by molar-refractivity contribution is 5.49. The summed E-state index contributed by atoms with van der Waals surface area (Å²) in [7, 11) is 2.04. The normalized spacial score (nSPS) is 25.9. The maximum atomic E-state index is 13.8. The summed E-state index contributed by atoms with van der Waals surface area (Å²) in [5.41, 5.74) is 1.12. The van der Waals surface area contributed by atoms with Gasteiger partial charge in [-0.15, -0.1) is 0 Å². The third-order valence-corrected chi connectivity index (χ3v) is 6.78. The Kier molecular flexibility index (Phi) is 5.35. The number of hydrogen-bond donors (Lipinski definition) is 1. The largest absolute Gasteiger partial charge is 0.380 e. The van der Waals surface area contributed by atoms with Gasteiger partial charge in [0.05, 0.1) is 13.1 Å². The highest BCUT2D eigenvalue weighted by Gasteiger charge is 2.55. The van der Waals surface area contributed by atoms with Crippen LogP contribution >= 0.6 is 0 Å². The summed E-state index contributed by atoms with van der Waals surface area (Å²) in [5.74, 6) is 0.909. The molecule has 0 amide bonds. The first-order chi connectivity index (χ1) is 14.1. The molecule has 4 nitrogen and oxygen atoms in total. The van der Waals surface area contributed by atoms with E-state index in [9.17, 15) is 13.9 Å². The van der Waals surface area contributed by atoms with Gasteiger partial charge in [-0.2, -0.15) is 0 Å². The second-order valence-electron chi connectivity index (χ2n) is 9.56. The molecule has 162 valence electrons. The van der Waals surface area contributed by atoms with Crippen molar-refractivity contribution in [3.05, 3.63) is 59.3 Å². The molecule has 6 heteroatoms. The average molecular weight is 416 g/mol. The Balaban J connectivity index is 1.76. The van der Waals surface area contributed by atoms with Crippen LogP contribution in [0.3, 0.4) is 0 Å². The van der Waals surface area contributed by atoms with Gasteiger partial charge in [0.15, 0.2) is 12.3 Å². The van der Waals surface area contributed by atoms with Crippen molar-refractivity contribution in [3.63, 3.8) is 0 Å². The number of hydrogen-bond acceptors (Lipinski definition) is 4. The highest BCUT2D eigenvalue weighted by atomic mass is 19.2. The minimum Gasteiger partial charge on any atom is -0.380 e. The van der Waals surface area contributed by atoms with Crippen LogP contribution in [-0.2, 0) is 5.60 Å². The van der Waals surface area contributed by atoms with Crippen molar-refractivity contribution in [1.29, 1.82) is 0 Å². The molecule has 0 spiro atoms. The third-order valence-electron chi connectivity index (χ3n) is 6.78. The molecule has 1 N–H and O–H groups in total. The molecule has 2 fully saturated rings. The predicted octanol–water partition coefficient (Wildman–Crippen LogP) is 3.89. The molecular formula is C24H31F2N3O. The molecule has 4 rings (SSSR count). The SMILES string of the molecule is CC(C)c1ccc([C@](O)(c2ccnc(N3C[C@@H](F)[C@@H](F)C3)c2)C2(C)CN(C)C2)cc1. The van der Waals surface area contributed by atoms with E-state index in [4.69, 9.17) is 0 Å². The Morgan fingerprint density at radius 3 is 2.20 bits per heavy atom. The minimum atomic E-state index is -1.50. The lowest BCUT2D eigenvalue weighted by Gasteiger charge is -2.56. The van der Waals surface area contributed by atoms with Gasteiger partial charge in [-0.25, -0.2) is 13.8 Å². The van der Waals surface area contributed by atoms with Crippen molar-refractivity contribution in [1.82, 2.24) is 9.88 Å². The molecule has 2 aliphatic rings. The van der Waals surface area contributed by atoms with Gasteiger partial charge < -0.3 is 14.9 Å². The van der Waals surface area contributed by atoms with Crippen molar-refractivity contribution in [2.45, 2.75) is 44.6 Å². The zero-order valence-electron chi connectivity index (χ0n) is 18.1. The molecule has 2 aliphatic heterocycles. The van der Waals surface area contributed by atoms with Gasteiger partial charge in [0.1, 0.15) is 11.4 Å². The van der Waals surface area contributed by atoms with E-state index in [-0.39, 0.29) is 13.1 Å². The van der Waals surface area contributed by atoms with Crippen LogP contribution in [-0.4, -0.2) is 60.6 Å². The number of pyridine rings is 1. The Morgan fingerprint density at radius 2 is 1.67 bits per heavy atom. The fourth-order valence-corrected chi connectivity index (χ4v) is 5.07. The summed E-state index contributed by atoms with van der Waals surface area (Å²) in [6.07, 6.45) is -1.38. The van der Waals surface area contributed by atoms with E-state index < -0.39 is 23.4 Å². The van der Waals surface area contributed by atoms with Crippen LogP contribution in [0.15, 0.2) is 42.6 Å². The Hall–Kier alpha value is -2.05. The fraction of sp³-hybridized carbons (Fsp3) is 0.542. The lowest BCUT2D eigenvalue weighted by Crippen LogP contribution is -2.63. The van der Waals surface area contributed by atoms with E-state index in [0.717, 1.165) is 18.7 Å². The monoisotopic (exact) mass is 415 g/mol. The van der Waals surface area contributed by atoms with Crippen molar-refractivity contribution in [2.24, 2.45) is 5.41 Å². The molecule has 2 aromatic rings. The molecule has 2 saturated heterocycles. The molecule has 0 unspecified atom stereocenters. The molecule has 1 aromatic heterocycles.